The predicted molar refractivity (Wildman–Crippen MR) is 149 cm³/mol. The van der Waals surface area contributed by atoms with Crippen molar-refractivity contribution in [2.24, 2.45) is 0 Å². The molecule has 0 atom stereocenters. The number of rotatable bonds is 9. The number of pyridine rings is 1. The summed E-state index contributed by atoms with van der Waals surface area (Å²) in [6.45, 7) is 4.86. The molecule has 0 saturated heterocycles. The minimum Gasteiger partial charge on any atom is -0.497 e. The first-order chi connectivity index (χ1) is 20.2. The molecule has 1 N–H and O–H groups in total. The van der Waals surface area contributed by atoms with E-state index in [1.165, 1.54) is 31.5 Å². The first-order valence-electron chi connectivity index (χ1n) is 13.0. The smallest absolute Gasteiger partial charge is 0.419 e. The van der Waals surface area contributed by atoms with Gasteiger partial charge in [0.25, 0.3) is 0 Å². The van der Waals surface area contributed by atoms with Crippen LogP contribution in [0.2, 0.25) is 0 Å². The molecular formula is C31H29F3N2O7. The lowest BCUT2D eigenvalue weighted by Gasteiger charge is -2.21. The fourth-order valence-corrected chi connectivity index (χ4v) is 3.88. The van der Waals surface area contributed by atoms with Gasteiger partial charge in [0.2, 0.25) is 5.88 Å². The SMILES string of the molecule is COc1ccc(COc2cc(OCc3ccc(C(=O)O)cc3)ncc2-c2cc(C(F)(F)F)cn2C(=O)OC(C)(C)C)cc1. The Hall–Kier alpha value is -5.00. The first kappa shape index (κ1) is 30.9. The first-order valence-corrected chi connectivity index (χ1v) is 13.0. The summed E-state index contributed by atoms with van der Waals surface area (Å²) < 4.78 is 64.4. The second kappa shape index (κ2) is 12.5. The Labute approximate surface area is 245 Å². The largest absolute Gasteiger partial charge is 0.497 e. The zero-order chi connectivity index (χ0) is 31.4. The van der Waals surface area contributed by atoms with Gasteiger partial charge >= 0.3 is 18.2 Å². The van der Waals surface area contributed by atoms with Crippen molar-refractivity contribution in [3.05, 3.63) is 95.3 Å². The number of halogens is 3. The van der Waals surface area contributed by atoms with Gasteiger partial charge in [-0.1, -0.05) is 24.3 Å². The number of carbonyl (C=O) groups excluding carboxylic acids is 1. The molecule has 2 aromatic carbocycles. The normalized spacial score (nSPS) is 11.6. The molecule has 43 heavy (non-hydrogen) atoms. The van der Waals surface area contributed by atoms with Crippen LogP contribution in [0.1, 0.15) is 47.8 Å². The monoisotopic (exact) mass is 598 g/mol. The quantitative estimate of drug-likeness (QED) is 0.215. The van der Waals surface area contributed by atoms with Crippen molar-refractivity contribution in [2.45, 2.75) is 45.8 Å². The van der Waals surface area contributed by atoms with Crippen LogP contribution < -0.4 is 14.2 Å². The maximum atomic E-state index is 13.7. The molecule has 0 unspecified atom stereocenters. The number of carbonyl (C=O) groups is 2. The van der Waals surface area contributed by atoms with Crippen molar-refractivity contribution in [3.8, 4) is 28.6 Å². The van der Waals surface area contributed by atoms with Gasteiger partial charge in [-0.05, 0) is 62.2 Å². The average molecular weight is 599 g/mol. The van der Waals surface area contributed by atoms with Gasteiger partial charge in [0, 0.05) is 18.5 Å². The third-order valence-corrected chi connectivity index (χ3v) is 6.00. The highest BCUT2D eigenvalue weighted by Crippen LogP contribution is 2.38. The van der Waals surface area contributed by atoms with Gasteiger partial charge in [-0.3, -0.25) is 4.57 Å². The third-order valence-electron chi connectivity index (χ3n) is 6.00. The van der Waals surface area contributed by atoms with Crippen molar-refractivity contribution in [2.75, 3.05) is 7.11 Å². The van der Waals surface area contributed by atoms with E-state index in [9.17, 15) is 22.8 Å². The average Bonchev–Trinajstić information content (AvgIpc) is 3.41. The maximum Gasteiger partial charge on any atom is 0.419 e. The number of carboxylic acid groups (broad SMARTS) is 1. The number of ether oxygens (including phenoxy) is 4. The molecule has 0 aliphatic heterocycles. The van der Waals surface area contributed by atoms with Crippen LogP contribution in [0.4, 0.5) is 18.0 Å². The summed E-state index contributed by atoms with van der Waals surface area (Å²) in [6, 6.07) is 15.3. The number of benzene rings is 2. The molecule has 0 saturated carbocycles. The van der Waals surface area contributed by atoms with Gasteiger partial charge < -0.3 is 24.1 Å². The van der Waals surface area contributed by atoms with E-state index in [1.807, 2.05) is 0 Å². The van der Waals surface area contributed by atoms with Gasteiger partial charge in [0.1, 0.15) is 30.3 Å². The number of carboxylic acids is 1. The van der Waals surface area contributed by atoms with Gasteiger partial charge in [0.05, 0.1) is 29.5 Å². The van der Waals surface area contributed by atoms with E-state index in [-0.39, 0.29) is 41.7 Å². The molecule has 0 fully saturated rings. The maximum absolute atomic E-state index is 13.7. The van der Waals surface area contributed by atoms with Crippen LogP contribution in [-0.2, 0) is 24.1 Å². The molecule has 226 valence electrons. The third kappa shape index (κ3) is 8.06. The summed E-state index contributed by atoms with van der Waals surface area (Å²) in [5.74, 6) is -0.246. The van der Waals surface area contributed by atoms with Crippen molar-refractivity contribution >= 4 is 12.1 Å². The lowest BCUT2D eigenvalue weighted by atomic mass is 10.1. The standard InChI is InChI=1S/C31H29F3N2O7/c1-30(2,3)43-29(39)36-16-22(31(32,33)34)13-25(36)24-15-35-27(42-18-19-5-9-21(10-6-19)28(37)38)14-26(24)41-17-20-7-11-23(40-4)12-8-20/h5-16H,17-18H2,1-4H3,(H,37,38). The molecule has 0 amide bonds. The van der Waals surface area contributed by atoms with Crippen molar-refractivity contribution in [1.82, 2.24) is 9.55 Å². The lowest BCUT2D eigenvalue weighted by molar-refractivity contribution is -0.137. The topological polar surface area (TPSA) is 109 Å². The minimum atomic E-state index is -4.74. The van der Waals surface area contributed by atoms with Crippen molar-refractivity contribution < 1.29 is 46.8 Å². The van der Waals surface area contributed by atoms with Gasteiger partial charge in [-0.25, -0.2) is 14.6 Å². The number of hydrogen-bond acceptors (Lipinski definition) is 7. The van der Waals surface area contributed by atoms with E-state index in [2.05, 4.69) is 4.98 Å². The molecule has 0 aliphatic carbocycles. The highest BCUT2D eigenvalue weighted by Gasteiger charge is 2.35. The summed E-state index contributed by atoms with van der Waals surface area (Å²) in [6.07, 6.45) is -3.83. The highest BCUT2D eigenvalue weighted by atomic mass is 19.4. The molecule has 4 rings (SSSR count). The van der Waals surface area contributed by atoms with Crippen LogP contribution in [0.25, 0.3) is 11.3 Å². The molecule has 2 heterocycles. The Morgan fingerprint density at radius 2 is 1.51 bits per heavy atom. The Morgan fingerprint density at radius 1 is 0.907 bits per heavy atom. The van der Waals surface area contributed by atoms with E-state index >= 15 is 0 Å². The molecule has 0 spiro atoms. The summed E-state index contributed by atoms with van der Waals surface area (Å²) in [4.78, 5) is 28.3. The van der Waals surface area contributed by atoms with Gasteiger partial charge in [-0.15, -0.1) is 0 Å². The molecule has 0 aliphatic rings. The molecule has 2 aromatic heterocycles. The van der Waals surface area contributed by atoms with Crippen molar-refractivity contribution in [1.29, 1.82) is 0 Å². The van der Waals surface area contributed by atoms with Crippen LogP contribution in [0.5, 0.6) is 17.4 Å². The number of methoxy groups -OCH3 is 1. The number of nitrogens with zero attached hydrogens (tertiary/aromatic N) is 2. The summed E-state index contributed by atoms with van der Waals surface area (Å²) in [7, 11) is 1.53. The minimum absolute atomic E-state index is 0.0242. The number of alkyl halides is 3. The predicted octanol–water partition coefficient (Wildman–Crippen LogP) is 7.22. The van der Waals surface area contributed by atoms with E-state index < -0.39 is 29.4 Å². The molecule has 4 aromatic rings. The fourth-order valence-electron chi connectivity index (χ4n) is 3.88. The summed E-state index contributed by atoms with van der Waals surface area (Å²) in [5.41, 5.74) is -0.564. The molecule has 0 radical (unpaired) electrons. The Bertz CT molecular complexity index is 1590. The van der Waals surface area contributed by atoms with Crippen LogP contribution >= 0.6 is 0 Å². The molecule has 12 heteroatoms. The Balaban J connectivity index is 1.71. The molecule has 9 nitrogen and oxygen atoms in total. The van der Waals surface area contributed by atoms with Crippen LogP contribution in [-0.4, -0.2) is 39.4 Å². The van der Waals surface area contributed by atoms with E-state index in [0.29, 0.717) is 17.5 Å². The van der Waals surface area contributed by atoms with Gasteiger partial charge in [-0.2, -0.15) is 13.2 Å². The summed E-state index contributed by atoms with van der Waals surface area (Å²) >= 11 is 0. The Morgan fingerprint density at radius 3 is 2.07 bits per heavy atom. The van der Waals surface area contributed by atoms with E-state index in [4.69, 9.17) is 24.1 Å². The zero-order valence-corrected chi connectivity index (χ0v) is 23.8. The second-order valence-electron chi connectivity index (χ2n) is 10.4. The summed E-state index contributed by atoms with van der Waals surface area (Å²) in [5, 5.41) is 9.09. The second-order valence-corrected chi connectivity index (χ2v) is 10.4. The van der Waals surface area contributed by atoms with Crippen LogP contribution in [0.3, 0.4) is 0 Å². The van der Waals surface area contributed by atoms with Crippen LogP contribution in [0.15, 0.2) is 73.1 Å². The number of aromatic carboxylic acids is 1. The molecule has 0 bridgehead atoms. The van der Waals surface area contributed by atoms with Crippen molar-refractivity contribution in [3.63, 3.8) is 0 Å². The molecular weight excluding hydrogens is 569 g/mol. The zero-order valence-electron chi connectivity index (χ0n) is 23.8. The highest BCUT2D eigenvalue weighted by molar-refractivity contribution is 5.87. The van der Waals surface area contributed by atoms with E-state index in [0.717, 1.165) is 16.2 Å². The lowest BCUT2D eigenvalue weighted by Crippen LogP contribution is -2.27. The number of aromatic nitrogens is 2. The fraction of sp³-hybridized carbons (Fsp3) is 0.258. The number of hydrogen-bond donors (Lipinski definition) is 1. The Kier molecular flexibility index (Phi) is 8.98. The van der Waals surface area contributed by atoms with E-state index in [1.54, 1.807) is 57.2 Å². The van der Waals surface area contributed by atoms with Gasteiger partial charge in [0.15, 0.2) is 0 Å². The van der Waals surface area contributed by atoms with Crippen LogP contribution in [0, 0.1) is 0 Å².